The van der Waals surface area contributed by atoms with E-state index >= 15 is 0 Å². The molecular weight excluding hydrogens is 368 g/mol. The van der Waals surface area contributed by atoms with E-state index < -0.39 is 0 Å². The molecule has 1 heterocycles. The van der Waals surface area contributed by atoms with E-state index in [1.165, 1.54) is 5.56 Å². The molecule has 1 aliphatic heterocycles. The lowest BCUT2D eigenvalue weighted by Crippen LogP contribution is -2.05. The van der Waals surface area contributed by atoms with Crippen molar-refractivity contribution in [3.05, 3.63) is 63.1 Å². The minimum atomic E-state index is 0.221. The summed E-state index contributed by atoms with van der Waals surface area (Å²) in [4.78, 5) is 4.75. The summed E-state index contributed by atoms with van der Waals surface area (Å²) >= 11 is 11.5. The third-order valence-electron chi connectivity index (χ3n) is 3.33. The van der Waals surface area contributed by atoms with Gasteiger partial charge in [0.05, 0.1) is 11.7 Å². The number of amidine groups is 1. The van der Waals surface area contributed by atoms with E-state index in [1.54, 1.807) is 11.8 Å². The summed E-state index contributed by atoms with van der Waals surface area (Å²) in [6, 6.07) is 14.5. The van der Waals surface area contributed by atoms with E-state index in [2.05, 4.69) is 45.5 Å². The van der Waals surface area contributed by atoms with Crippen molar-refractivity contribution in [2.45, 2.75) is 13.0 Å². The molecular formula is C16H14BrClN2S. The summed E-state index contributed by atoms with van der Waals surface area (Å²) in [5, 5.41) is 5.05. The second-order valence-corrected chi connectivity index (χ2v) is 7.15. The lowest BCUT2D eigenvalue weighted by Gasteiger charge is -2.09. The number of aryl methyl sites for hydroxylation is 1. The van der Waals surface area contributed by atoms with Crippen LogP contribution in [-0.2, 0) is 0 Å². The third-order valence-corrected chi connectivity index (χ3v) is 5.35. The van der Waals surface area contributed by atoms with E-state index in [4.69, 9.17) is 16.6 Å². The number of rotatable bonds is 2. The van der Waals surface area contributed by atoms with Gasteiger partial charge in [0.15, 0.2) is 5.17 Å². The molecule has 108 valence electrons. The molecule has 1 atom stereocenters. The molecule has 1 aliphatic rings. The summed E-state index contributed by atoms with van der Waals surface area (Å²) in [6.07, 6.45) is 0. The first-order valence-electron chi connectivity index (χ1n) is 6.61. The van der Waals surface area contributed by atoms with Crippen LogP contribution in [-0.4, -0.2) is 10.9 Å². The summed E-state index contributed by atoms with van der Waals surface area (Å²) in [7, 11) is 0. The molecule has 2 aromatic rings. The molecule has 3 rings (SSSR count). The van der Waals surface area contributed by atoms with Gasteiger partial charge in [-0.2, -0.15) is 0 Å². The van der Waals surface area contributed by atoms with Crippen LogP contribution in [0.15, 0.2) is 51.9 Å². The SMILES string of the molecule is Cc1cc(Br)c(NC2=NC(c3ccccc3)CS2)cc1Cl. The van der Waals surface area contributed by atoms with Gasteiger partial charge in [-0.1, -0.05) is 53.7 Å². The maximum Gasteiger partial charge on any atom is 0.161 e. The molecule has 0 aromatic heterocycles. The molecule has 0 fully saturated rings. The Labute approximate surface area is 142 Å². The van der Waals surface area contributed by atoms with E-state index in [9.17, 15) is 0 Å². The van der Waals surface area contributed by atoms with E-state index in [1.807, 2.05) is 25.1 Å². The van der Waals surface area contributed by atoms with Crippen LogP contribution in [0.4, 0.5) is 5.69 Å². The number of hydrogen-bond acceptors (Lipinski definition) is 3. The van der Waals surface area contributed by atoms with Crippen LogP contribution in [0.2, 0.25) is 5.02 Å². The minimum Gasteiger partial charge on any atom is -0.334 e. The average molecular weight is 382 g/mol. The first-order valence-corrected chi connectivity index (χ1v) is 8.77. The molecule has 0 bridgehead atoms. The maximum absolute atomic E-state index is 6.19. The van der Waals surface area contributed by atoms with Gasteiger partial charge in [-0.3, -0.25) is 4.99 Å². The monoisotopic (exact) mass is 380 g/mol. The molecule has 0 saturated heterocycles. The smallest absolute Gasteiger partial charge is 0.161 e. The number of nitrogens with zero attached hydrogens (tertiary/aromatic N) is 1. The number of thioether (sulfide) groups is 1. The van der Waals surface area contributed by atoms with Crippen molar-refractivity contribution in [3.63, 3.8) is 0 Å². The van der Waals surface area contributed by atoms with Gasteiger partial charge < -0.3 is 5.32 Å². The molecule has 0 radical (unpaired) electrons. The molecule has 0 aliphatic carbocycles. The largest absolute Gasteiger partial charge is 0.334 e. The Bertz CT molecular complexity index is 688. The van der Waals surface area contributed by atoms with Crippen molar-refractivity contribution in [1.82, 2.24) is 0 Å². The summed E-state index contributed by atoms with van der Waals surface area (Å²) in [6.45, 7) is 1.99. The van der Waals surface area contributed by atoms with Gasteiger partial charge in [-0.15, -0.1) is 0 Å². The number of aliphatic imine (C=N–C) groups is 1. The van der Waals surface area contributed by atoms with E-state index in [0.29, 0.717) is 0 Å². The molecule has 5 heteroatoms. The first-order chi connectivity index (χ1) is 10.1. The highest BCUT2D eigenvalue weighted by Gasteiger charge is 2.20. The molecule has 2 aromatic carbocycles. The van der Waals surface area contributed by atoms with Gasteiger partial charge in [-0.05, 0) is 46.1 Å². The van der Waals surface area contributed by atoms with Gasteiger partial charge in [0.2, 0.25) is 0 Å². The second kappa shape index (κ2) is 6.42. The van der Waals surface area contributed by atoms with Crippen LogP contribution in [0.3, 0.4) is 0 Å². The van der Waals surface area contributed by atoms with E-state index in [-0.39, 0.29) is 6.04 Å². The zero-order valence-corrected chi connectivity index (χ0v) is 14.6. The predicted molar refractivity (Wildman–Crippen MR) is 96.6 cm³/mol. The van der Waals surface area contributed by atoms with Gasteiger partial charge in [0.25, 0.3) is 0 Å². The van der Waals surface area contributed by atoms with Gasteiger partial charge in [0.1, 0.15) is 0 Å². The van der Waals surface area contributed by atoms with Gasteiger partial charge >= 0.3 is 0 Å². The number of benzene rings is 2. The Balaban J connectivity index is 1.79. The Morgan fingerprint density at radius 3 is 2.81 bits per heavy atom. The van der Waals surface area contributed by atoms with Gasteiger partial charge in [-0.25, -0.2) is 0 Å². The summed E-state index contributed by atoms with van der Waals surface area (Å²) in [5.74, 6) is 0.962. The lowest BCUT2D eigenvalue weighted by molar-refractivity contribution is 0.849. The highest BCUT2D eigenvalue weighted by molar-refractivity contribution is 9.10. The fraction of sp³-hybridized carbons (Fsp3) is 0.188. The van der Waals surface area contributed by atoms with Crippen LogP contribution in [0.25, 0.3) is 0 Å². The number of halogens is 2. The van der Waals surface area contributed by atoms with Crippen LogP contribution >= 0.6 is 39.3 Å². The normalized spacial score (nSPS) is 17.7. The highest BCUT2D eigenvalue weighted by atomic mass is 79.9. The Hall–Kier alpha value is -0.970. The van der Waals surface area contributed by atoms with Crippen LogP contribution in [0.5, 0.6) is 0 Å². The zero-order valence-electron chi connectivity index (χ0n) is 11.4. The Morgan fingerprint density at radius 2 is 2.05 bits per heavy atom. The van der Waals surface area contributed by atoms with Crippen LogP contribution in [0.1, 0.15) is 17.2 Å². The van der Waals surface area contributed by atoms with Gasteiger partial charge in [0, 0.05) is 15.2 Å². The predicted octanol–water partition coefficient (Wildman–Crippen LogP) is 5.67. The second-order valence-electron chi connectivity index (χ2n) is 4.88. The minimum absolute atomic E-state index is 0.221. The van der Waals surface area contributed by atoms with Crippen molar-refractivity contribution >= 4 is 50.1 Å². The Kier molecular flexibility index (Phi) is 4.57. The molecule has 1 N–H and O–H groups in total. The Morgan fingerprint density at radius 1 is 1.29 bits per heavy atom. The third kappa shape index (κ3) is 3.44. The lowest BCUT2D eigenvalue weighted by atomic mass is 10.1. The highest BCUT2D eigenvalue weighted by Crippen LogP contribution is 2.34. The van der Waals surface area contributed by atoms with Crippen molar-refractivity contribution in [2.75, 3.05) is 11.1 Å². The average Bonchev–Trinajstić information content (AvgIpc) is 2.94. The molecule has 0 saturated carbocycles. The van der Waals surface area contributed by atoms with Crippen molar-refractivity contribution in [2.24, 2.45) is 4.99 Å². The van der Waals surface area contributed by atoms with Crippen LogP contribution < -0.4 is 5.32 Å². The summed E-state index contributed by atoms with van der Waals surface area (Å²) in [5.41, 5.74) is 3.26. The number of nitrogens with one attached hydrogen (secondary N) is 1. The zero-order chi connectivity index (χ0) is 14.8. The van der Waals surface area contributed by atoms with Crippen molar-refractivity contribution in [3.8, 4) is 0 Å². The molecule has 1 unspecified atom stereocenters. The first kappa shape index (κ1) is 14.9. The van der Waals surface area contributed by atoms with E-state index in [0.717, 1.165) is 31.7 Å². The molecule has 0 amide bonds. The number of anilines is 1. The van der Waals surface area contributed by atoms with Crippen molar-refractivity contribution < 1.29 is 0 Å². The fourth-order valence-electron chi connectivity index (χ4n) is 2.15. The van der Waals surface area contributed by atoms with Crippen molar-refractivity contribution in [1.29, 1.82) is 0 Å². The topological polar surface area (TPSA) is 24.4 Å². The summed E-state index contributed by atoms with van der Waals surface area (Å²) < 4.78 is 0.996. The molecule has 0 spiro atoms. The van der Waals surface area contributed by atoms with Crippen LogP contribution in [0, 0.1) is 6.92 Å². The number of hydrogen-bond donors (Lipinski definition) is 1. The molecule has 2 nitrogen and oxygen atoms in total. The standard InChI is InChI=1S/C16H14BrClN2S/c1-10-7-12(17)14(8-13(10)18)19-16-20-15(9-21-16)11-5-3-2-4-6-11/h2-8,15H,9H2,1H3,(H,19,20). The molecule has 21 heavy (non-hydrogen) atoms. The fourth-order valence-corrected chi connectivity index (χ4v) is 3.83. The quantitative estimate of drug-likeness (QED) is 0.725. The maximum atomic E-state index is 6.19.